The minimum atomic E-state index is -4.64. The molecule has 0 radical (unpaired) electrons. The summed E-state index contributed by atoms with van der Waals surface area (Å²) in [6.07, 6.45) is -5.64. The molecule has 0 spiro atoms. The summed E-state index contributed by atoms with van der Waals surface area (Å²) in [7, 11) is 0. The summed E-state index contributed by atoms with van der Waals surface area (Å²) >= 11 is 0. The van der Waals surface area contributed by atoms with Crippen molar-refractivity contribution in [3.8, 4) is 22.6 Å². The third-order valence-corrected chi connectivity index (χ3v) is 5.77. The summed E-state index contributed by atoms with van der Waals surface area (Å²) < 4.78 is 59.6. The van der Waals surface area contributed by atoms with Crippen LogP contribution >= 0.6 is 0 Å². The van der Waals surface area contributed by atoms with Crippen LogP contribution in [0.1, 0.15) is 24.0 Å². The monoisotopic (exact) mass is 502 g/mol. The van der Waals surface area contributed by atoms with E-state index in [4.69, 9.17) is 9.84 Å². The highest BCUT2D eigenvalue weighted by Gasteiger charge is 2.43. The minimum Gasteiger partial charge on any atom is -0.481 e. The lowest BCUT2D eigenvalue weighted by molar-refractivity contribution is -0.137. The van der Waals surface area contributed by atoms with Gasteiger partial charge in [0, 0.05) is 12.0 Å². The van der Waals surface area contributed by atoms with Crippen molar-refractivity contribution < 1.29 is 37.3 Å². The van der Waals surface area contributed by atoms with E-state index in [-0.39, 0.29) is 6.61 Å². The van der Waals surface area contributed by atoms with Crippen LogP contribution in [0.4, 0.5) is 23.2 Å². The van der Waals surface area contributed by atoms with E-state index in [1.54, 1.807) is 43.3 Å². The fourth-order valence-corrected chi connectivity index (χ4v) is 3.98. The van der Waals surface area contributed by atoms with Crippen molar-refractivity contribution in [2.24, 2.45) is 5.10 Å². The number of nitrogens with zero attached hydrogens (tertiary/aromatic N) is 2. The third kappa shape index (κ3) is 5.49. The Kier molecular flexibility index (Phi) is 6.98. The molecule has 0 fully saturated rings. The van der Waals surface area contributed by atoms with Gasteiger partial charge < -0.3 is 14.9 Å². The number of carboxylic acids is 1. The molecule has 1 aliphatic rings. The molecule has 0 bridgehead atoms. The summed E-state index contributed by atoms with van der Waals surface area (Å²) in [6, 6.07) is 14.6. The van der Waals surface area contributed by atoms with E-state index in [0.717, 1.165) is 5.01 Å². The maximum absolute atomic E-state index is 14.3. The predicted molar refractivity (Wildman–Crippen MR) is 126 cm³/mol. The van der Waals surface area contributed by atoms with Gasteiger partial charge in [0.1, 0.15) is 23.0 Å². The normalized spacial score (nSPS) is 15.7. The number of halogens is 4. The van der Waals surface area contributed by atoms with Crippen molar-refractivity contribution in [2.45, 2.75) is 38.6 Å². The van der Waals surface area contributed by atoms with Gasteiger partial charge in [-0.1, -0.05) is 12.1 Å². The van der Waals surface area contributed by atoms with Gasteiger partial charge in [0.2, 0.25) is 0 Å². The van der Waals surface area contributed by atoms with Crippen molar-refractivity contribution in [1.82, 2.24) is 0 Å². The minimum absolute atomic E-state index is 0.208. The van der Waals surface area contributed by atoms with Gasteiger partial charge in [0.25, 0.3) is 0 Å². The van der Waals surface area contributed by atoms with Gasteiger partial charge in [-0.25, -0.2) is 4.39 Å². The largest absolute Gasteiger partial charge is 0.481 e. The Labute approximate surface area is 204 Å². The van der Waals surface area contributed by atoms with Crippen molar-refractivity contribution in [3.05, 3.63) is 77.6 Å². The van der Waals surface area contributed by atoms with E-state index < -0.39 is 42.6 Å². The third-order valence-electron chi connectivity index (χ3n) is 5.77. The van der Waals surface area contributed by atoms with Crippen LogP contribution < -0.4 is 9.75 Å². The second kappa shape index (κ2) is 9.98. The summed E-state index contributed by atoms with van der Waals surface area (Å²) in [5, 5.41) is 23.1. The van der Waals surface area contributed by atoms with Crippen LogP contribution in [0.3, 0.4) is 0 Å². The number of anilines is 1. The molecule has 4 rings (SSSR count). The number of benzene rings is 3. The molecule has 0 aromatic heterocycles. The maximum Gasteiger partial charge on any atom is 0.431 e. The summed E-state index contributed by atoms with van der Waals surface area (Å²) in [5.41, 5.74) is 1.54. The number of carboxylic acid groups (broad SMARTS) is 1. The van der Waals surface area contributed by atoms with Gasteiger partial charge in [0.05, 0.1) is 24.8 Å². The van der Waals surface area contributed by atoms with Crippen molar-refractivity contribution in [1.29, 1.82) is 0 Å². The summed E-state index contributed by atoms with van der Waals surface area (Å²) in [4.78, 5) is 11.1. The molecular weight excluding hydrogens is 480 g/mol. The number of carbonyl (C=O) groups is 1. The van der Waals surface area contributed by atoms with Crippen LogP contribution in [-0.4, -0.2) is 34.1 Å². The standard InChI is InChI=1S/C26H22F4N2O4/c1-15-10-17(21-11-16(14-33)2-8-22(21)27)3-9-23(15)36-20-6-4-18(5-7-20)32-19(13-25(34)35)12-24(31-32)26(28,29)30/h2-11,19,33H,12-14H2,1H3,(H,34,35). The predicted octanol–water partition coefficient (Wildman–Crippen LogP) is 6.06. The molecule has 188 valence electrons. The number of hydrazone groups is 1. The number of rotatable bonds is 7. The van der Waals surface area contributed by atoms with Gasteiger partial charge in [-0.15, -0.1) is 0 Å². The van der Waals surface area contributed by atoms with Gasteiger partial charge in [-0.3, -0.25) is 9.80 Å². The molecule has 0 saturated carbocycles. The smallest absolute Gasteiger partial charge is 0.431 e. The van der Waals surface area contributed by atoms with Crippen LogP contribution in [0.15, 0.2) is 65.8 Å². The Bertz CT molecular complexity index is 1310. The number of hydrogen-bond donors (Lipinski definition) is 2. The first-order chi connectivity index (χ1) is 17.0. The van der Waals surface area contributed by atoms with Crippen LogP contribution in [0.5, 0.6) is 11.5 Å². The second-order valence-electron chi connectivity index (χ2n) is 8.39. The molecule has 2 N–H and O–H groups in total. The molecule has 0 aliphatic carbocycles. The van der Waals surface area contributed by atoms with Crippen LogP contribution in [0, 0.1) is 12.7 Å². The van der Waals surface area contributed by atoms with Crippen LogP contribution in [0.2, 0.25) is 0 Å². The van der Waals surface area contributed by atoms with Crippen LogP contribution in [0.25, 0.3) is 11.1 Å². The molecule has 3 aromatic carbocycles. The Morgan fingerprint density at radius 2 is 1.83 bits per heavy atom. The van der Waals surface area contributed by atoms with Crippen molar-refractivity contribution >= 4 is 17.4 Å². The molecule has 1 unspecified atom stereocenters. The molecule has 6 nitrogen and oxygen atoms in total. The molecule has 0 amide bonds. The Morgan fingerprint density at radius 1 is 1.11 bits per heavy atom. The molecule has 10 heteroatoms. The van der Waals surface area contributed by atoms with E-state index in [2.05, 4.69) is 5.10 Å². The first kappa shape index (κ1) is 25.2. The summed E-state index contributed by atoms with van der Waals surface area (Å²) in [5.74, 6) is -0.745. The zero-order valence-corrected chi connectivity index (χ0v) is 19.1. The van der Waals surface area contributed by atoms with Crippen molar-refractivity contribution in [2.75, 3.05) is 5.01 Å². The number of hydrogen-bond acceptors (Lipinski definition) is 5. The average molecular weight is 502 g/mol. The molecule has 3 aromatic rings. The van der Waals surface area contributed by atoms with Gasteiger partial charge in [0.15, 0.2) is 0 Å². The van der Waals surface area contributed by atoms with Gasteiger partial charge >= 0.3 is 12.1 Å². The zero-order valence-electron chi connectivity index (χ0n) is 19.1. The average Bonchev–Trinajstić information content (AvgIpc) is 3.25. The van der Waals surface area contributed by atoms with Gasteiger partial charge in [-0.2, -0.15) is 18.3 Å². The Hall–Kier alpha value is -3.92. The fraction of sp³-hybridized carbons (Fsp3) is 0.231. The fourth-order valence-electron chi connectivity index (χ4n) is 3.98. The maximum atomic E-state index is 14.3. The lowest BCUT2D eigenvalue weighted by Gasteiger charge is -2.22. The lowest BCUT2D eigenvalue weighted by Crippen LogP contribution is -2.29. The Morgan fingerprint density at radius 3 is 2.44 bits per heavy atom. The molecule has 1 heterocycles. The number of aliphatic carboxylic acids is 1. The number of aryl methyl sites for hydroxylation is 1. The first-order valence-corrected chi connectivity index (χ1v) is 11.0. The SMILES string of the molecule is Cc1cc(-c2cc(CO)ccc2F)ccc1Oc1ccc(N2N=C(C(F)(F)F)CC2CC(=O)O)cc1. The number of ether oxygens (including phenoxy) is 1. The number of alkyl halides is 3. The van der Waals surface area contributed by atoms with Gasteiger partial charge in [-0.05, 0) is 72.1 Å². The van der Waals surface area contributed by atoms with Crippen LogP contribution in [-0.2, 0) is 11.4 Å². The molecule has 1 aliphatic heterocycles. The highest BCUT2D eigenvalue weighted by molar-refractivity contribution is 5.94. The lowest BCUT2D eigenvalue weighted by atomic mass is 10.0. The highest BCUT2D eigenvalue weighted by atomic mass is 19.4. The Balaban J connectivity index is 1.53. The van der Waals surface area contributed by atoms with E-state index in [1.807, 2.05) is 0 Å². The first-order valence-electron chi connectivity index (χ1n) is 11.0. The zero-order chi connectivity index (χ0) is 26.0. The van der Waals surface area contributed by atoms with Crippen molar-refractivity contribution in [3.63, 3.8) is 0 Å². The number of aliphatic hydroxyl groups excluding tert-OH is 1. The second-order valence-corrected chi connectivity index (χ2v) is 8.39. The summed E-state index contributed by atoms with van der Waals surface area (Å²) in [6.45, 7) is 1.58. The molecule has 0 saturated heterocycles. The van der Waals surface area contributed by atoms with E-state index in [1.165, 1.54) is 24.3 Å². The topological polar surface area (TPSA) is 82.4 Å². The molecular formula is C26H22F4N2O4. The van der Waals surface area contributed by atoms with E-state index >= 15 is 0 Å². The molecule has 1 atom stereocenters. The quantitative estimate of drug-likeness (QED) is 0.384. The molecule has 36 heavy (non-hydrogen) atoms. The van der Waals surface area contributed by atoms with E-state index in [9.17, 15) is 27.5 Å². The number of aliphatic hydroxyl groups is 1. The van der Waals surface area contributed by atoms with E-state index in [0.29, 0.717) is 39.4 Å². The highest BCUT2D eigenvalue weighted by Crippen LogP contribution is 2.35.